The summed E-state index contributed by atoms with van der Waals surface area (Å²) < 4.78 is 28.9. The van der Waals surface area contributed by atoms with Gasteiger partial charge in [0.1, 0.15) is 0 Å². The van der Waals surface area contributed by atoms with Gasteiger partial charge in [0.2, 0.25) is 0 Å². The minimum atomic E-state index is -3.58. The lowest BCUT2D eigenvalue weighted by atomic mass is 10.2. The maximum atomic E-state index is 12.5. The highest BCUT2D eigenvalue weighted by Gasteiger charge is 2.21. The summed E-state index contributed by atoms with van der Waals surface area (Å²) in [6, 6.07) is 12.7. The van der Waals surface area contributed by atoms with E-state index in [9.17, 15) is 8.42 Å². The van der Waals surface area contributed by atoms with Crippen LogP contribution in [0, 0.1) is 0 Å². The second-order valence-corrected chi connectivity index (χ2v) is 6.28. The summed E-state index contributed by atoms with van der Waals surface area (Å²) in [5.41, 5.74) is 1.47. The molecule has 0 atom stereocenters. The van der Waals surface area contributed by atoms with Crippen molar-refractivity contribution in [1.29, 1.82) is 0 Å². The van der Waals surface area contributed by atoms with Crippen LogP contribution in [0.1, 0.15) is 18.9 Å². The monoisotopic (exact) mass is 305 g/mol. The number of hydrogen-bond acceptors (Lipinski definition) is 3. The van der Waals surface area contributed by atoms with Gasteiger partial charge in [-0.1, -0.05) is 31.2 Å². The van der Waals surface area contributed by atoms with Crippen molar-refractivity contribution >= 4 is 15.9 Å². The van der Waals surface area contributed by atoms with Gasteiger partial charge in [-0.25, -0.2) is 0 Å². The summed E-state index contributed by atoms with van der Waals surface area (Å²) in [4.78, 5) is 4.03. The van der Waals surface area contributed by atoms with Crippen molar-refractivity contribution in [3.63, 3.8) is 0 Å². The Morgan fingerprint density at radius 3 is 2.52 bits per heavy atom. The standard InChI is InChI=1S/C15H19N3O2S/c1-2-10-17-21(19,20)18(15-8-4-3-5-9-15)13-14-7-6-11-16-12-14/h3-9,11-12,17H,2,10,13H2,1H3. The number of anilines is 1. The SMILES string of the molecule is CCCNS(=O)(=O)N(Cc1cccnc1)c1ccccc1. The van der Waals surface area contributed by atoms with E-state index in [2.05, 4.69) is 9.71 Å². The molecule has 0 aliphatic heterocycles. The number of aromatic nitrogens is 1. The summed E-state index contributed by atoms with van der Waals surface area (Å²) in [7, 11) is -3.58. The lowest BCUT2D eigenvalue weighted by molar-refractivity contribution is 0.575. The van der Waals surface area contributed by atoms with Gasteiger partial charge in [-0.3, -0.25) is 9.29 Å². The predicted molar refractivity (Wildman–Crippen MR) is 84.1 cm³/mol. The zero-order valence-electron chi connectivity index (χ0n) is 11.9. The molecular weight excluding hydrogens is 286 g/mol. The first-order chi connectivity index (χ1) is 10.1. The first kappa shape index (κ1) is 15.5. The van der Waals surface area contributed by atoms with Gasteiger partial charge in [0.05, 0.1) is 12.2 Å². The Kier molecular flexibility index (Phi) is 5.30. The van der Waals surface area contributed by atoms with Crippen LogP contribution >= 0.6 is 0 Å². The Balaban J connectivity index is 2.31. The first-order valence-corrected chi connectivity index (χ1v) is 8.29. The third-order valence-corrected chi connectivity index (χ3v) is 4.41. The van der Waals surface area contributed by atoms with Gasteiger partial charge in [0.15, 0.2) is 0 Å². The number of nitrogens with zero attached hydrogens (tertiary/aromatic N) is 2. The van der Waals surface area contributed by atoms with Gasteiger partial charge in [-0.05, 0) is 30.2 Å². The minimum absolute atomic E-state index is 0.247. The zero-order valence-corrected chi connectivity index (χ0v) is 12.8. The smallest absolute Gasteiger partial charge is 0.264 e. The number of hydrogen-bond donors (Lipinski definition) is 1. The number of nitrogens with one attached hydrogen (secondary N) is 1. The quantitative estimate of drug-likeness (QED) is 0.854. The number of benzene rings is 1. The van der Waals surface area contributed by atoms with Crippen molar-refractivity contribution in [2.75, 3.05) is 10.8 Å². The summed E-state index contributed by atoms with van der Waals surface area (Å²) in [5.74, 6) is 0. The highest BCUT2D eigenvalue weighted by molar-refractivity contribution is 7.90. The molecule has 5 nitrogen and oxygen atoms in total. The topological polar surface area (TPSA) is 62.3 Å². The van der Waals surface area contributed by atoms with Crippen molar-refractivity contribution < 1.29 is 8.42 Å². The molecule has 112 valence electrons. The second-order valence-electron chi connectivity index (χ2n) is 4.60. The fourth-order valence-electron chi connectivity index (χ4n) is 1.88. The van der Waals surface area contributed by atoms with Crippen LogP contribution in [0.25, 0.3) is 0 Å². The maximum absolute atomic E-state index is 12.5. The number of pyridine rings is 1. The van der Waals surface area contributed by atoms with Crippen LogP contribution in [0.2, 0.25) is 0 Å². The average Bonchev–Trinajstić information content (AvgIpc) is 2.52. The van der Waals surface area contributed by atoms with Gasteiger partial charge >= 0.3 is 10.2 Å². The van der Waals surface area contributed by atoms with E-state index in [0.29, 0.717) is 12.2 Å². The average molecular weight is 305 g/mol. The highest BCUT2D eigenvalue weighted by atomic mass is 32.2. The summed E-state index contributed by atoms with van der Waals surface area (Å²) >= 11 is 0. The second kappa shape index (κ2) is 7.19. The molecule has 0 amide bonds. The molecule has 0 aliphatic rings. The summed E-state index contributed by atoms with van der Waals surface area (Å²) in [6.07, 6.45) is 4.08. The van der Waals surface area contributed by atoms with E-state index in [1.807, 2.05) is 31.2 Å². The van der Waals surface area contributed by atoms with Crippen LogP contribution in [-0.2, 0) is 16.8 Å². The largest absolute Gasteiger partial charge is 0.301 e. The Hall–Kier alpha value is -1.92. The predicted octanol–water partition coefficient (Wildman–Crippen LogP) is 2.33. The Morgan fingerprint density at radius 2 is 1.90 bits per heavy atom. The molecule has 0 aliphatic carbocycles. The van der Waals surface area contributed by atoms with E-state index < -0.39 is 10.2 Å². The molecule has 2 aromatic rings. The van der Waals surface area contributed by atoms with Crippen LogP contribution in [-0.4, -0.2) is 19.9 Å². The zero-order chi connectivity index (χ0) is 15.1. The van der Waals surface area contributed by atoms with Crippen LogP contribution in [0.3, 0.4) is 0 Å². The molecule has 0 unspecified atom stereocenters. The maximum Gasteiger partial charge on any atom is 0.301 e. The Labute approximate surface area is 125 Å². The minimum Gasteiger partial charge on any atom is -0.264 e. The molecule has 0 radical (unpaired) electrons. The lowest BCUT2D eigenvalue weighted by Gasteiger charge is -2.24. The molecule has 0 saturated heterocycles. The molecule has 1 N–H and O–H groups in total. The van der Waals surface area contributed by atoms with Gasteiger partial charge in [-0.15, -0.1) is 0 Å². The van der Waals surface area contributed by atoms with E-state index in [1.54, 1.807) is 30.6 Å². The molecule has 6 heteroatoms. The Bertz CT molecular complexity index is 645. The van der Waals surface area contributed by atoms with Crippen LogP contribution in [0.15, 0.2) is 54.9 Å². The molecule has 21 heavy (non-hydrogen) atoms. The van der Waals surface area contributed by atoms with Crippen molar-refractivity contribution in [2.45, 2.75) is 19.9 Å². The van der Waals surface area contributed by atoms with Gasteiger partial charge in [0.25, 0.3) is 0 Å². The van der Waals surface area contributed by atoms with Crippen molar-refractivity contribution in [1.82, 2.24) is 9.71 Å². The molecule has 0 bridgehead atoms. The fourth-order valence-corrected chi connectivity index (χ4v) is 3.21. The van der Waals surface area contributed by atoms with Crippen LogP contribution in [0.5, 0.6) is 0 Å². The van der Waals surface area contributed by atoms with Crippen molar-refractivity contribution in [3.8, 4) is 0 Å². The third-order valence-electron chi connectivity index (χ3n) is 2.92. The third kappa shape index (κ3) is 4.27. The molecular formula is C15H19N3O2S. The van der Waals surface area contributed by atoms with Gasteiger partial charge in [0, 0.05) is 18.9 Å². The summed E-state index contributed by atoms with van der Waals surface area (Å²) in [6.45, 7) is 2.59. The van der Waals surface area contributed by atoms with Gasteiger partial charge in [-0.2, -0.15) is 13.1 Å². The molecule has 0 saturated carbocycles. The van der Waals surface area contributed by atoms with E-state index in [-0.39, 0.29) is 6.54 Å². The lowest BCUT2D eigenvalue weighted by Crippen LogP contribution is -2.40. The number of rotatable bonds is 7. The number of para-hydroxylation sites is 1. The molecule has 2 rings (SSSR count). The summed E-state index contributed by atoms with van der Waals surface area (Å²) in [5, 5.41) is 0. The Morgan fingerprint density at radius 1 is 1.14 bits per heavy atom. The van der Waals surface area contributed by atoms with Crippen LogP contribution in [0.4, 0.5) is 5.69 Å². The molecule has 0 fully saturated rings. The van der Waals surface area contributed by atoms with E-state index in [1.165, 1.54) is 4.31 Å². The van der Waals surface area contributed by atoms with Gasteiger partial charge < -0.3 is 0 Å². The molecule has 0 spiro atoms. The fraction of sp³-hybridized carbons (Fsp3) is 0.267. The molecule has 1 heterocycles. The van der Waals surface area contributed by atoms with Crippen LogP contribution < -0.4 is 9.03 Å². The van der Waals surface area contributed by atoms with Crippen molar-refractivity contribution in [3.05, 3.63) is 60.4 Å². The van der Waals surface area contributed by atoms with E-state index in [0.717, 1.165) is 12.0 Å². The highest BCUT2D eigenvalue weighted by Crippen LogP contribution is 2.19. The van der Waals surface area contributed by atoms with E-state index >= 15 is 0 Å². The first-order valence-electron chi connectivity index (χ1n) is 6.85. The molecule has 1 aromatic heterocycles. The normalized spacial score (nSPS) is 11.3. The molecule has 1 aromatic carbocycles. The van der Waals surface area contributed by atoms with E-state index in [4.69, 9.17) is 0 Å². The van der Waals surface area contributed by atoms with Crippen molar-refractivity contribution in [2.24, 2.45) is 0 Å².